The highest BCUT2D eigenvalue weighted by Gasteiger charge is 2.19. The first kappa shape index (κ1) is 16.0. The summed E-state index contributed by atoms with van der Waals surface area (Å²) in [5.41, 5.74) is 5.99. The van der Waals surface area contributed by atoms with Gasteiger partial charge in [-0.15, -0.1) is 0 Å². The lowest BCUT2D eigenvalue weighted by atomic mass is 10.1. The van der Waals surface area contributed by atoms with Crippen molar-refractivity contribution in [2.45, 2.75) is 56.9 Å². The van der Waals surface area contributed by atoms with Crippen molar-refractivity contribution in [3.63, 3.8) is 0 Å². The monoisotopic (exact) mass is 284 g/mol. The number of unbranched alkanes of at least 4 members (excludes halogenated alkanes) is 3. The molecule has 1 atom stereocenters. The first-order valence-corrected chi connectivity index (χ1v) is 8.32. The van der Waals surface area contributed by atoms with Crippen LogP contribution in [0.5, 0.6) is 0 Å². The van der Waals surface area contributed by atoms with Gasteiger partial charge in [0.15, 0.2) is 0 Å². The summed E-state index contributed by atoms with van der Waals surface area (Å²) in [6, 6.07) is 6.46. The molecule has 0 aliphatic rings. The van der Waals surface area contributed by atoms with Crippen molar-refractivity contribution in [1.82, 2.24) is 4.72 Å². The number of sulfonamides is 1. The van der Waals surface area contributed by atoms with Crippen LogP contribution in [-0.2, 0) is 10.0 Å². The maximum atomic E-state index is 12.2. The molecular weight excluding hydrogens is 260 g/mol. The van der Waals surface area contributed by atoms with E-state index >= 15 is 0 Å². The molecule has 0 amide bonds. The molecular formula is C14H24N2O2S. The Labute approximate surface area is 116 Å². The minimum atomic E-state index is -3.51. The Bertz CT molecular complexity index is 486. The average molecular weight is 284 g/mol. The summed E-state index contributed by atoms with van der Waals surface area (Å²) in [5, 5.41) is 0. The predicted molar refractivity (Wildman–Crippen MR) is 79.4 cm³/mol. The fourth-order valence-electron chi connectivity index (χ4n) is 1.99. The summed E-state index contributed by atoms with van der Waals surface area (Å²) < 4.78 is 27.0. The number of nitrogens with one attached hydrogen (secondary N) is 1. The fourth-order valence-corrected chi connectivity index (χ4v) is 3.40. The van der Waals surface area contributed by atoms with Gasteiger partial charge in [-0.3, -0.25) is 0 Å². The normalized spacial score (nSPS) is 13.4. The minimum Gasteiger partial charge on any atom is -0.398 e. The number of hydrogen-bond donors (Lipinski definition) is 2. The second-order valence-corrected chi connectivity index (χ2v) is 6.59. The predicted octanol–water partition coefficient (Wildman–Crippen LogP) is 2.91. The van der Waals surface area contributed by atoms with E-state index in [0.717, 1.165) is 19.3 Å². The Hall–Kier alpha value is -1.07. The Kier molecular flexibility index (Phi) is 6.31. The third-order valence-corrected chi connectivity index (χ3v) is 4.72. The SMILES string of the molecule is CCCCCCC(C)NS(=O)(=O)c1ccccc1N. The van der Waals surface area contributed by atoms with Gasteiger partial charge in [0, 0.05) is 6.04 Å². The van der Waals surface area contributed by atoms with Crippen molar-refractivity contribution in [2.75, 3.05) is 5.73 Å². The molecule has 0 aliphatic heterocycles. The van der Waals surface area contributed by atoms with Crippen LogP contribution in [0.4, 0.5) is 5.69 Å². The van der Waals surface area contributed by atoms with Crippen LogP contribution in [0.3, 0.4) is 0 Å². The molecule has 19 heavy (non-hydrogen) atoms. The Morgan fingerprint density at radius 2 is 1.89 bits per heavy atom. The number of nitrogens with two attached hydrogens (primary N) is 1. The summed E-state index contributed by atoms with van der Waals surface area (Å²) >= 11 is 0. The van der Waals surface area contributed by atoms with Crippen LogP contribution in [0.25, 0.3) is 0 Å². The second kappa shape index (κ2) is 7.50. The van der Waals surface area contributed by atoms with Gasteiger partial charge in [-0.1, -0.05) is 44.7 Å². The van der Waals surface area contributed by atoms with E-state index in [-0.39, 0.29) is 16.6 Å². The van der Waals surface area contributed by atoms with Crippen molar-refractivity contribution >= 4 is 15.7 Å². The maximum absolute atomic E-state index is 12.2. The van der Waals surface area contributed by atoms with Crippen LogP contribution in [0.1, 0.15) is 46.0 Å². The van der Waals surface area contributed by atoms with E-state index in [4.69, 9.17) is 5.73 Å². The topological polar surface area (TPSA) is 72.2 Å². The molecule has 1 aromatic rings. The number of rotatable bonds is 8. The number of para-hydroxylation sites is 1. The molecule has 0 fully saturated rings. The molecule has 0 spiro atoms. The lowest BCUT2D eigenvalue weighted by Gasteiger charge is -2.15. The van der Waals surface area contributed by atoms with Crippen LogP contribution in [0, 0.1) is 0 Å². The largest absolute Gasteiger partial charge is 0.398 e. The quantitative estimate of drug-likeness (QED) is 0.569. The molecule has 3 N–H and O–H groups in total. The van der Waals surface area contributed by atoms with Crippen molar-refractivity contribution in [3.05, 3.63) is 24.3 Å². The molecule has 1 aromatic carbocycles. The lowest BCUT2D eigenvalue weighted by Crippen LogP contribution is -2.33. The van der Waals surface area contributed by atoms with Crippen molar-refractivity contribution in [2.24, 2.45) is 0 Å². The van der Waals surface area contributed by atoms with E-state index in [0.29, 0.717) is 0 Å². The van der Waals surface area contributed by atoms with E-state index in [1.54, 1.807) is 18.2 Å². The van der Waals surface area contributed by atoms with E-state index in [2.05, 4.69) is 11.6 Å². The molecule has 108 valence electrons. The average Bonchev–Trinajstić information content (AvgIpc) is 2.34. The van der Waals surface area contributed by atoms with Crippen molar-refractivity contribution in [3.8, 4) is 0 Å². The fraction of sp³-hybridized carbons (Fsp3) is 0.571. The van der Waals surface area contributed by atoms with Gasteiger partial charge in [-0.25, -0.2) is 13.1 Å². The van der Waals surface area contributed by atoms with Gasteiger partial charge >= 0.3 is 0 Å². The zero-order valence-electron chi connectivity index (χ0n) is 11.7. The van der Waals surface area contributed by atoms with Crippen LogP contribution >= 0.6 is 0 Å². The number of benzene rings is 1. The molecule has 5 heteroatoms. The molecule has 0 aromatic heterocycles. The highest BCUT2D eigenvalue weighted by molar-refractivity contribution is 7.89. The zero-order valence-corrected chi connectivity index (χ0v) is 12.5. The second-order valence-electron chi connectivity index (χ2n) is 4.91. The van der Waals surface area contributed by atoms with E-state index in [1.807, 2.05) is 6.92 Å². The standard InChI is InChI=1S/C14H24N2O2S/c1-3-4-5-6-9-12(2)16-19(17,18)14-11-8-7-10-13(14)15/h7-8,10-12,16H,3-6,9,15H2,1-2H3. The molecule has 0 saturated heterocycles. The summed E-state index contributed by atoms with van der Waals surface area (Å²) in [4.78, 5) is 0.162. The number of anilines is 1. The van der Waals surface area contributed by atoms with E-state index < -0.39 is 10.0 Å². The van der Waals surface area contributed by atoms with E-state index in [9.17, 15) is 8.42 Å². The van der Waals surface area contributed by atoms with Crippen LogP contribution in [0.2, 0.25) is 0 Å². The third kappa shape index (κ3) is 5.20. The van der Waals surface area contributed by atoms with Gasteiger partial charge in [0.05, 0.1) is 5.69 Å². The van der Waals surface area contributed by atoms with Gasteiger partial charge in [-0.2, -0.15) is 0 Å². The van der Waals surface area contributed by atoms with E-state index in [1.165, 1.54) is 18.9 Å². The molecule has 0 bridgehead atoms. The maximum Gasteiger partial charge on any atom is 0.242 e. The highest BCUT2D eigenvalue weighted by atomic mass is 32.2. The highest BCUT2D eigenvalue weighted by Crippen LogP contribution is 2.18. The van der Waals surface area contributed by atoms with Gasteiger partial charge in [0.25, 0.3) is 0 Å². The van der Waals surface area contributed by atoms with Crippen LogP contribution < -0.4 is 10.5 Å². The Balaban J connectivity index is 2.58. The number of hydrogen-bond acceptors (Lipinski definition) is 3. The first-order valence-electron chi connectivity index (χ1n) is 6.84. The molecule has 0 heterocycles. The van der Waals surface area contributed by atoms with Gasteiger partial charge in [0.2, 0.25) is 10.0 Å². The molecule has 0 radical (unpaired) electrons. The Morgan fingerprint density at radius 3 is 2.53 bits per heavy atom. The van der Waals surface area contributed by atoms with Crippen LogP contribution in [-0.4, -0.2) is 14.5 Å². The summed E-state index contributed by atoms with van der Waals surface area (Å²) in [5.74, 6) is 0. The molecule has 1 unspecified atom stereocenters. The van der Waals surface area contributed by atoms with Gasteiger partial charge in [0.1, 0.15) is 4.90 Å². The molecule has 0 aliphatic carbocycles. The summed E-state index contributed by atoms with van der Waals surface area (Å²) in [7, 11) is -3.51. The third-order valence-electron chi connectivity index (χ3n) is 3.06. The summed E-state index contributed by atoms with van der Waals surface area (Å²) in [6.07, 6.45) is 5.43. The van der Waals surface area contributed by atoms with Crippen molar-refractivity contribution < 1.29 is 8.42 Å². The van der Waals surface area contributed by atoms with Gasteiger partial charge in [-0.05, 0) is 25.5 Å². The van der Waals surface area contributed by atoms with Gasteiger partial charge < -0.3 is 5.73 Å². The smallest absolute Gasteiger partial charge is 0.242 e. The van der Waals surface area contributed by atoms with Crippen LogP contribution in [0.15, 0.2) is 29.2 Å². The van der Waals surface area contributed by atoms with Crippen molar-refractivity contribution in [1.29, 1.82) is 0 Å². The lowest BCUT2D eigenvalue weighted by molar-refractivity contribution is 0.522. The molecule has 4 nitrogen and oxygen atoms in total. The summed E-state index contributed by atoms with van der Waals surface area (Å²) in [6.45, 7) is 4.05. The molecule has 0 saturated carbocycles. The minimum absolute atomic E-state index is 0.0681. The molecule has 1 rings (SSSR count). The number of nitrogen functional groups attached to an aromatic ring is 1. The zero-order chi connectivity index (χ0) is 14.3. The first-order chi connectivity index (χ1) is 8.97. The Morgan fingerprint density at radius 1 is 1.21 bits per heavy atom.